The molecule has 0 radical (unpaired) electrons. The zero-order valence-corrected chi connectivity index (χ0v) is 15.6. The average molecular weight is 349 g/mol. The lowest BCUT2D eigenvalue weighted by atomic mass is 9.87. The third-order valence-corrected chi connectivity index (χ3v) is 4.46. The Labute approximate surface area is 153 Å². The SMILES string of the molecule is CN(Cc1ccc(C(C)(C)C)cc1)C(=O)c1cc2ccccc2oc1=O. The van der Waals surface area contributed by atoms with E-state index in [-0.39, 0.29) is 16.9 Å². The van der Waals surface area contributed by atoms with Crippen LogP contribution in [0.5, 0.6) is 0 Å². The molecule has 134 valence electrons. The van der Waals surface area contributed by atoms with Crippen LogP contribution in [0.15, 0.2) is 63.8 Å². The Hall–Kier alpha value is -2.88. The lowest BCUT2D eigenvalue weighted by Gasteiger charge is -2.20. The minimum Gasteiger partial charge on any atom is -0.422 e. The predicted octanol–water partition coefficient (Wildman–Crippen LogP) is 4.36. The molecule has 0 N–H and O–H groups in total. The van der Waals surface area contributed by atoms with E-state index in [1.807, 2.05) is 24.3 Å². The molecule has 26 heavy (non-hydrogen) atoms. The molecule has 0 unspecified atom stereocenters. The van der Waals surface area contributed by atoms with Gasteiger partial charge < -0.3 is 9.32 Å². The first kappa shape index (κ1) is 17.9. The van der Waals surface area contributed by atoms with Crippen molar-refractivity contribution in [1.82, 2.24) is 4.90 Å². The van der Waals surface area contributed by atoms with E-state index in [0.717, 1.165) is 10.9 Å². The molecule has 3 rings (SSSR count). The number of amides is 1. The summed E-state index contributed by atoms with van der Waals surface area (Å²) in [6, 6.07) is 17.0. The van der Waals surface area contributed by atoms with Crippen LogP contribution in [-0.4, -0.2) is 17.9 Å². The predicted molar refractivity (Wildman–Crippen MR) is 103 cm³/mol. The first-order valence-electron chi connectivity index (χ1n) is 8.63. The fourth-order valence-corrected chi connectivity index (χ4v) is 2.87. The lowest BCUT2D eigenvalue weighted by Crippen LogP contribution is -2.30. The van der Waals surface area contributed by atoms with Gasteiger partial charge in [0.05, 0.1) is 0 Å². The van der Waals surface area contributed by atoms with E-state index in [0.29, 0.717) is 12.1 Å². The van der Waals surface area contributed by atoms with Crippen molar-refractivity contribution >= 4 is 16.9 Å². The van der Waals surface area contributed by atoms with E-state index in [1.165, 1.54) is 10.5 Å². The molecule has 0 spiro atoms. The maximum absolute atomic E-state index is 12.7. The Morgan fingerprint density at radius 3 is 2.35 bits per heavy atom. The maximum Gasteiger partial charge on any atom is 0.349 e. The first-order chi connectivity index (χ1) is 12.3. The van der Waals surface area contributed by atoms with E-state index < -0.39 is 5.63 Å². The Morgan fingerprint density at radius 2 is 1.69 bits per heavy atom. The van der Waals surface area contributed by atoms with Crippen molar-refractivity contribution in [2.24, 2.45) is 0 Å². The smallest absolute Gasteiger partial charge is 0.349 e. The van der Waals surface area contributed by atoms with E-state index in [2.05, 4.69) is 32.9 Å². The molecule has 4 heteroatoms. The number of para-hydroxylation sites is 1. The van der Waals surface area contributed by atoms with Gasteiger partial charge in [0, 0.05) is 19.0 Å². The quantitative estimate of drug-likeness (QED) is 0.660. The molecule has 0 aliphatic heterocycles. The molecule has 0 bridgehead atoms. The number of benzene rings is 2. The zero-order valence-electron chi connectivity index (χ0n) is 15.6. The third-order valence-electron chi connectivity index (χ3n) is 4.46. The van der Waals surface area contributed by atoms with Crippen LogP contribution in [0.2, 0.25) is 0 Å². The van der Waals surface area contributed by atoms with Gasteiger partial charge in [0.1, 0.15) is 11.1 Å². The second-order valence-corrected chi connectivity index (χ2v) is 7.59. The van der Waals surface area contributed by atoms with E-state index in [4.69, 9.17) is 4.42 Å². The van der Waals surface area contributed by atoms with Crippen LogP contribution in [-0.2, 0) is 12.0 Å². The van der Waals surface area contributed by atoms with Gasteiger partial charge in [0.2, 0.25) is 0 Å². The number of carbonyl (C=O) groups excluding carboxylic acids is 1. The van der Waals surface area contributed by atoms with Gasteiger partial charge in [-0.3, -0.25) is 4.79 Å². The Morgan fingerprint density at radius 1 is 1.04 bits per heavy atom. The highest BCUT2D eigenvalue weighted by molar-refractivity contribution is 5.96. The highest BCUT2D eigenvalue weighted by Gasteiger charge is 2.18. The van der Waals surface area contributed by atoms with Crippen LogP contribution < -0.4 is 5.63 Å². The van der Waals surface area contributed by atoms with Crippen LogP contribution in [0, 0.1) is 0 Å². The molecule has 1 heterocycles. The molecular formula is C22H23NO3. The van der Waals surface area contributed by atoms with E-state index in [1.54, 1.807) is 25.2 Å². The summed E-state index contributed by atoms with van der Waals surface area (Å²) in [4.78, 5) is 26.4. The van der Waals surface area contributed by atoms with Gasteiger partial charge in [-0.2, -0.15) is 0 Å². The van der Waals surface area contributed by atoms with Gasteiger partial charge in [-0.05, 0) is 28.7 Å². The van der Waals surface area contributed by atoms with Gasteiger partial charge in [-0.1, -0.05) is 63.2 Å². The van der Waals surface area contributed by atoms with Crippen molar-refractivity contribution in [3.8, 4) is 0 Å². The van der Waals surface area contributed by atoms with E-state index >= 15 is 0 Å². The van der Waals surface area contributed by atoms with Gasteiger partial charge in [0.15, 0.2) is 0 Å². The molecule has 4 nitrogen and oxygen atoms in total. The van der Waals surface area contributed by atoms with Gasteiger partial charge in [0.25, 0.3) is 5.91 Å². The number of rotatable bonds is 3. The first-order valence-corrected chi connectivity index (χ1v) is 8.63. The van der Waals surface area contributed by atoms with Crippen LogP contribution in [0.4, 0.5) is 0 Å². The van der Waals surface area contributed by atoms with Gasteiger partial charge in [-0.15, -0.1) is 0 Å². The normalized spacial score (nSPS) is 11.5. The molecule has 0 saturated heterocycles. The maximum atomic E-state index is 12.7. The Bertz CT molecular complexity index is 994. The monoisotopic (exact) mass is 349 g/mol. The number of carbonyl (C=O) groups is 1. The fourth-order valence-electron chi connectivity index (χ4n) is 2.87. The van der Waals surface area contributed by atoms with Crippen molar-refractivity contribution in [2.75, 3.05) is 7.05 Å². The molecule has 0 aliphatic rings. The molecule has 0 fully saturated rings. The topological polar surface area (TPSA) is 50.5 Å². The summed E-state index contributed by atoms with van der Waals surface area (Å²) in [6.07, 6.45) is 0. The van der Waals surface area contributed by atoms with Crippen molar-refractivity contribution in [1.29, 1.82) is 0 Å². The largest absolute Gasteiger partial charge is 0.422 e. The Balaban J connectivity index is 1.82. The molecule has 0 aliphatic carbocycles. The summed E-state index contributed by atoms with van der Waals surface area (Å²) in [5, 5.41) is 0.735. The molecule has 2 aromatic carbocycles. The second-order valence-electron chi connectivity index (χ2n) is 7.59. The third kappa shape index (κ3) is 3.69. The minimum atomic E-state index is -0.608. The standard InChI is InChI=1S/C22H23NO3/c1-22(2,3)17-11-9-15(10-12-17)14-23(4)20(24)18-13-16-7-5-6-8-19(16)26-21(18)25/h5-13H,14H2,1-4H3. The molecule has 1 aromatic heterocycles. The lowest BCUT2D eigenvalue weighted by molar-refractivity contribution is 0.0781. The van der Waals surface area contributed by atoms with Crippen LogP contribution in [0.25, 0.3) is 11.0 Å². The highest BCUT2D eigenvalue weighted by Crippen LogP contribution is 2.22. The highest BCUT2D eigenvalue weighted by atomic mass is 16.4. The van der Waals surface area contributed by atoms with Crippen LogP contribution in [0.1, 0.15) is 42.3 Å². The minimum absolute atomic E-state index is 0.0533. The van der Waals surface area contributed by atoms with Crippen molar-refractivity contribution in [3.05, 3.63) is 81.7 Å². The summed E-state index contributed by atoms with van der Waals surface area (Å²) >= 11 is 0. The van der Waals surface area contributed by atoms with Crippen molar-refractivity contribution in [2.45, 2.75) is 32.7 Å². The van der Waals surface area contributed by atoms with E-state index in [9.17, 15) is 9.59 Å². The van der Waals surface area contributed by atoms with Crippen molar-refractivity contribution in [3.63, 3.8) is 0 Å². The molecule has 0 saturated carbocycles. The molecule has 1 amide bonds. The molecule has 0 atom stereocenters. The number of fused-ring (bicyclic) bond motifs is 1. The Kier molecular flexibility index (Phi) is 4.68. The molecule has 3 aromatic rings. The summed E-state index contributed by atoms with van der Waals surface area (Å²) in [6.45, 7) is 6.92. The summed E-state index contributed by atoms with van der Waals surface area (Å²) in [7, 11) is 1.69. The van der Waals surface area contributed by atoms with Crippen LogP contribution >= 0.6 is 0 Å². The van der Waals surface area contributed by atoms with Crippen molar-refractivity contribution < 1.29 is 9.21 Å². The second kappa shape index (κ2) is 6.79. The summed E-state index contributed by atoms with van der Waals surface area (Å²) in [5.74, 6) is -0.343. The average Bonchev–Trinajstić information content (AvgIpc) is 2.60. The van der Waals surface area contributed by atoms with Crippen LogP contribution in [0.3, 0.4) is 0 Å². The van der Waals surface area contributed by atoms with Gasteiger partial charge >= 0.3 is 5.63 Å². The number of hydrogen-bond donors (Lipinski definition) is 0. The number of hydrogen-bond acceptors (Lipinski definition) is 3. The fraction of sp³-hybridized carbons (Fsp3) is 0.273. The molecular weight excluding hydrogens is 326 g/mol. The van der Waals surface area contributed by atoms with Gasteiger partial charge in [-0.25, -0.2) is 4.79 Å². The number of nitrogens with zero attached hydrogens (tertiary/aromatic N) is 1. The summed E-state index contributed by atoms with van der Waals surface area (Å²) < 4.78 is 5.26. The zero-order chi connectivity index (χ0) is 18.9. The summed E-state index contributed by atoms with van der Waals surface area (Å²) in [5.41, 5.74) is 2.27.